The number of rotatable bonds is 6. The number of hydrogen-bond acceptors (Lipinski definition) is 5. The summed E-state index contributed by atoms with van der Waals surface area (Å²) in [7, 11) is 0. The van der Waals surface area contributed by atoms with Crippen LogP contribution in [0.3, 0.4) is 0 Å². The highest BCUT2D eigenvalue weighted by Crippen LogP contribution is 2.70. The maximum Gasteiger partial charge on any atom is 0.456 e. The van der Waals surface area contributed by atoms with E-state index in [0.29, 0.717) is 48.1 Å². The minimum atomic E-state index is -5.91. The van der Waals surface area contributed by atoms with Crippen molar-refractivity contribution in [3.63, 3.8) is 0 Å². The number of anilines is 1. The number of hydrogen-bond donors (Lipinski definition) is 3. The van der Waals surface area contributed by atoms with E-state index in [9.17, 15) is 32.7 Å². The van der Waals surface area contributed by atoms with Crippen molar-refractivity contribution in [2.24, 2.45) is 17.3 Å². The Morgan fingerprint density at radius 2 is 1.71 bits per heavy atom. The topological polar surface area (TPSA) is 105 Å². The largest absolute Gasteiger partial charge is 0.462 e. The molecule has 0 radical (unpaired) electrons. The number of carbonyl (C=O) groups excluding carboxylic acids is 3. The van der Waals surface area contributed by atoms with Gasteiger partial charge < -0.3 is 20.5 Å². The summed E-state index contributed by atoms with van der Waals surface area (Å²) < 4.78 is 76.9. The highest BCUT2D eigenvalue weighted by Gasteiger charge is 2.79. The number of allylic oxidation sites excluding steroid dienone is 4. The molecule has 6 rings (SSSR count). The Hall–Kier alpha value is -4.50. The van der Waals surface area contributed by atoms with Crippen molar-refractivity contribution < 1.29 is 46.2 Å². The van der Waals surface area contributed by atoms with Crippen LogP contribution in [0.25, 0.3) is 0 Å². The summed E-state index contributed by atoms with van der Waals surface area (Å²) in [6.07, 6.45) is -3.15. The third-order valence-electron chi connectivity index (χ3n) is 11.3. The van der Waals surface area contributed by atoms with Gasteiger partial charge in [0.2, 0.25) is 0 Å². The average Bonchev–Trinajstić information content (AvgIpc) is 3.37. The van der Waals surface area contributed by atoms with Gasteiger partial charge in [0, 0.05) is 29.0 Å². The molecule has 4 aliphatic rings. The van der Waals surface area contributed by atoms with Crippen molar-refractivity contribution in [3.8, 4) is 11.8 Å². The number of halogens is 5. The lowest BCUT2D eigenvalue weighted by molar-refractivity contribution is -0.362. The van der Waals surface area contributed by atoms with E-state index in [0.717, 1.165) is 16.7 Å². The number of esters is 1. The zero-order chi connectivity index (χ0) is 36.8. The molecule has 0 spiro atoms. The summed E-state index contributed by atoms with van der Waals surface area (Å²) in [6, 6.07) is 12.7. The summed E-state index contributed by atoms with van der Waals surface area (Å²) in [4.78, 5) is 36.4. The van der Waals surface area contributed by atoms with Crippen LogP contribution in [0.15, 0.2) is 71.3 Å². The van der Waals surface area contributed by atoms with E-state index in [1.165, 1.54) is 19.1 Å². The Balaban J connectivity index is 1.21. The Morgan fingerprint density at radius 3 is 2.37 bits per heavy atom. The molecule has 0 aliphatic heterocycles. The van der Waals surface area contributed by atoms with Crippen LogP contribution < -0.4 is 10.6 Å². The van der Waals surface area contributed by atoms with Gasteiger partial charge in [-0.15, -0.1) is 0 Å². The third-order valence-corrected chi connectivity index (χ3v) is 11.3. The molecule has 2 saturated carbocycles. The molecule has 2 unspecified atom stereocenters. The SMILES string of the molecule is CCOC(=O)c1ccc(NC(=O)NCC#Cc2ccc([C@H]3C[C@@]4(C)C(CC[C@@]4(O)C(F)(F)C(F)(F)F)C4CCC5=CC(=O)CCC5=C43)cc2)cc1. The normalized spacial score (nSPS) is 27.3. The molecule has 12 heteroatoms. The molecule has 2 fully saturated rings. The van der Waals surface area contributed by atoms with Crippen LogP contribution in [0, 0.1) is 29.1 Å². The predicted molar refractivity (Wildman–Crippen MR) is 179 cm³/mol. The molecule has 7 nitrogen and oxygen atoms in total. The van der Waals surface area contributed by atoms with Crippen molar-refractivity contribution in [3.05, 3.63) is 88.0 Å². The Bertz CT molecular complexity index is 1840. The van der Waals surface area contributed by atoms with Gasteiger partial charge in [-0.25, -0.2) is 9.59 Å². The van der Waals surface area contributed by atoms with Gasteiger partial charge in [0.25, 0.3) is 0 Å². The third kappa shape index (κ3) is 6.45. The van der Waals surface area contributed by atoms with Gasteiger partial charge in [-0.05, 0) is 116 Å². The molecule has 3 N–H and O–H groups in total. The minimum Gasteiger partial charge on any atom is -0.462 e. The standard InChI is InChI=1S/C39H39F5N2O5/c1-3-51-34(48)25-10-13-27(14-11-25)46-35(49)45-20-4-5-23-6-8-24(9-7-23)31-22-36(2)32(18-19-37(36,50)38(40,41)39(42,43)44)30-16-12-26-21-28(47)15-17-29(26)33(30)31/h6-11,13-14,21,30-32,50H,3,12,15-20,22H2,1-2H3,(H2,45,46,49)/t30?,31-,32?,36+,37+/m1/s1. The Kier molecular flexibility index (Phi) is 9.65. The van der Waals surface area contributed by atoms with E-state index < -0.39 is 53.4 Å². The zero-order valence-corrected chi connectivity index (χ0v) is 28.3. The van der Waals surface area contributed by atoms with Gasteiger partial charge in [0.1, 0.15) is 5.60 Å². The molecule has 2 aromatic rings. The number of nitrogens with one attached hydrogen (secondary N) is 2. The van der Waals surface area contributed by atoms with Crippen molar-refractivity contribution >= 4 is 23.5 Å². The molecular formula is C39H39F5N2O5. The van der Waals surface area contributed by atoms with Crippen LogP contribution in [0.4, 0.5) is 32.4 Å². The van der Waals surface area contributed by atoms with Crippen LogP contribution in [0.2, 0.25) is 0 Å². The molecule has 5 atom stereocenters. The molecule has 0 saturated heterocycles. The van der Waals surface area contributed by atoms with Crippen LogP contribution in [-0.4, -0.2) is 53.7 Å². The van der Waals surface area contributed by atoms with Crippen LogP contribution >= 0.6 is 0 Å². The van der Waals surface area contributed by atoms with Crippen LogP contribution in [-0.2, 0) is 9.53 Å². The maximum atomic E-state index is 15.2. The van der Waals surface area contributed by atoms with Crippen molar-refractivity contribution in [1.29, 1.82) is 0 Å². The number of aliphatic hydroxyl groups is 1. The molecule has 51 heavy (non-hydrogen) atoms. The number of ether oxygens (including phenoxy) is 1. The first-order chi connectivity index (χ1) is 24.1. The first-order valence-corrected chi connectivity index (χ1v) is 17.1. The quantitative estimate of drug-likeness (QED) is 0.161. The summed E-state index contributed by atoms with van der Waals surface area (Å²) in [5.74, 6) is -1.35. The molecule has 270 valence electrons. The molecule has 0 bridgehead atoms. The zero-order valence-electron chi connectivity index (χ0n) is 28.3. The lowest BCUT2D eigenvalue weighted by atomic mass is 9.50. The van der Waals surface area contributed by atoms with Gasteiger partial charge >= 0.3 is 24.1 Å². The fraction of sp³-hybridized carbons (Fsp3) is 0.462. The van der Waals surface area contributed by atoms with Gasteiger partial charge in [-0.3, -0.25) is 4.79 Å². The van der Waals surface area contributed by atoms with Crippen molar-refractivity contribution in [2.45, 2.75) is 82.4 Å². The predicted octanol–water partition coefficient (Wildman–Crippen LogP) is 7.86. The summed E-state index contributed by atoms with van der Waals surface area (Å²) in [5.41, 5.74) is 0.0206. The number of benzene rings is 2. The summed E-state index contributed by atoms with van der Waals surface area (Å²) >= 11 is 0. The number of amides is 2. The molecular weight excluding hydrogens is 671 g/mol. The Labute approximate surface area is 292 Å². The van der Waals surface area contributed by atoms with Crippen molar-refractivity contribution in [2.75, 3.05) is 18.5 Å². The van der Waals surface area contributed by atoms with E-state index in [1.54, 1.807) is 49.4 Å². The fourth-order valence-electron chi connectivity index (χ4n) is 8.86. The molecule has 2 amide bonds. The van der Waals surface area contributed by atoms with Gasteiger partial charge in [-0.1, -0.05) is 36.5 Å². The van der Waals surface area contributed by atoms with E-state index >= 15 is 8.78 Å². The number of urea groups is 1. The number of ketones is 1. The molecule has 4 aliphatic carbocycles. The van der Waals surface area contributed by atoms with E-state index in [-0.39, 0.29) is 37.7 Å². The van der Waals surface area contributed by atoms with E-state index in [4.69, 9.17) is 4.74 Å². The van der Waals surface area contributed by atoms with Crippen molar-refractivity contribution in [1.82, 2.24) is 5.32 Å². The van der Waals surface area contributed by atoms with Gasteiger partial charge in [-0.2, -0.15) is 22.0 Å². The van der Waals surface area contributed by atoms with Gasteiger partial charge in [0.15, 0.2) is 5.78 Å². The van der Waals surface area contributed by atoms with Crippen LogP contribution in [0.5, 0.6) is 0 Å². The highest BCUT2D eigenvalue weighted by atomic mass is 19.4. The second-order valence-corrected chi connectivity index (χ2v) is 14.0. The minimum absolute atomic E-state index is 0.00855. The first kappa shape index (κ1) is 36.3. The number of alkyl halides is 5. The maximum absolute atomic E-state index is 15.2. The highest BCUT2D eigenvalue weighted by molar-refractivity contribution is 5.93. The second kappa shape index (κ2) is 13.6. The lowest BCUT2D eigenvalue weighted by Gasteiger charge is -2.56. The second-order valence-electron chi connectivity index (χ2n) is 14.0. The summed E-state index contributed by atoms with van der Waals surface area (Å²) in [5, 5.41) is 16.7. The molecule has 0 aromatic heterocycles. The summed E-state index contributed by atoms with van der Waals surface area (Å²) in [6.45, 7) is 3.36. The smallest absolute Gasteiger partial charge is 0.456 e. The fourth-order valence-corrected chi connectivity index (χ4v) is 8.86. The molecule has 2 aromatic carbocycles. The van der Waals surface area contributed by atoms with Gasteiger partial charge in [0.05, 0.1) is 18.7 Å². The van der Waals surface area contributed by atoms with Crippen LogP contribution in [0.1, 0.15) is 86.2 Å². The average molecular weight is 711 g/mol. The van der Waals surface area contributed by atoms with E-state index in [1.807, 2.05) is 0 Å². The Morgan fingerprint density at radius 1 is 1.00 bits per heavy atom. The number of fused-ring (bicyclic) bond motifs is 4. The molecule has 0 heterocycles. The van der Waals surface area contributed by atoms with E-state index in [2.05, 4.69) is 22.5 Å². The monoisotopic (exact) mass is 710 g/mol. The number of carbonyl (C=O) groups is 3. The lowest BCUT2D eigenvalue weighted by Crippen LogP contribution is -2.65. The first-order valence-electron chi connectivity index (χ1n) is 17.1.